The van der Waals surface area contributed by atoms with Crippen molar-refractivity contribution in [3.63, 3.8) is 0 Å². The molecule has 1 aliphatic carbocycles. The summed E-state index contributed by atoms with van der Waals surface area (Å²) in [7, 11) is 2.06. The molecule has 0 spiro atoms. The van der Waals surface area contributed by atoms with Crippen LogP contribution < -0.4 is 10.6 Å². The highest BCUT2D eigenvalue weighted by Crippen LogP contribution is 2.30. The third-order valence-electron chi connectivity index (χ3n) is 3.84. The van der Waals surface area contributed by atoms with Crippen LogP contribution in [0.25, 0.3) is 0 Å². The molecule has 1 saturated carbocycles. The summed E-state index contributed by atoms with van der Waals surface area (Å²) in [5.41, 5.74) is 7.39. The molecule has 5 heteroatoms. The van der Waals surface area contributed by atoms with Crippen LogP contribution in [0.4, 0.5) is 5.69 Å². The molecule has 0 saturated heterocycles. The van der Waals surface area contributed by atoms with Gasteiger partial charge in [0, 0.05) is 29.4 Å². The molecule has 4 nitrogen and oxygen atoms in total. The van der Waals surface area contributed by atoms with E-state index >= 15 is 0 Å². The lowest BCUT2D eigenvalue weighted by Crippen LogP contribution is -2.34. The van der Waals surface area contributed by atoms with Crippen LogP contribution in [0.3, 0.4) is 0 Å². The van der Waals surface area contributed by atoms with E-state index in [2.05, 4.69) is 17.1 Å². The molecule has 104 valence electrons. The first-order valence-corrected chi connectivity index (χ1v) is 7.01. The van der Waals surface area contributed by atoms with Crippen molar-refractivity contribution in [1.29, 1.82) is 0 Å². The zero-order chi connectivity index (χ0) is 13.8. The number of rotatable bonds is 3. The first-order chi connectivity index (χ1) is 9.13. The van der Waals surface area contributed by atoms with E-state index in [1.165, 1.54) is 32.1 Å². The quantitative estimate of drug-likeness (QED) is 0.387. The zero-order valence-electron chi connectivity index (χ0n) is 11.1. The molecule has 1 aliphatic rings. The molecule has 1 aromatic rings. The number of halogens is 1. The Morgan fingerprint density at radius 1 is 1.37 bits per heavy atom. The molecule has 0 atom stereocenters. The fourth-order valence-corrected chi connectivity index (χ4v) is 2.91. The summed E-state index contributed by atoms with van der Waals surface area (Å²) in [6.07, 6.45) is 6.23. The molecule has 1 aromatic carbocycles. The molecule has 1 fully saturated rings. The Bertz CT molecular complexity index is 470. The summed E-state index contributed by atoms with van der Waals surface area (Å²) in [5.74, 6) is 0.0974. The van der Waals surface area contributed by atoms with Gasteiger partial charge in [-0.1, -0.05) is 36.0 Å². The van der Waals surface area contributed by atoms with Crippen LogP contribution in [0, 0.1) is 0 Å². The molecule has 3 N–H and O–H groups in total. The van der Waals surface area contributed by atoms with Gasteiger partial charge >= 0.3 is 0 Å². The summed E-state index contributed by atoms with van der Waals surface area (Å²) in [5, 5.41) is 12.6. The van der Waals surface area contributed by atoms with Crippen LogP contribution in [-0.4, -0.2) is 24.1 Å². The molecule has 0 aliphatic heterocycles. The zero-order valence-corrected chi connectivity index (χ0v) is 11.9. The molecule has 0 heterocycles. The summed E-state index contributed by atoms with van der Waals surface area (Å²) >= 11 is 6.00. The average molecular weight is 282 g/mol. The predicted octanol–water partition coefficient (Wildman–Crippen LogP) is 3.20. The van der Waals surface area contributed by atoms with Gasteiger partial charge in [0.05, 0.1) is 0 Å². The topological polar surface area (TPSA) is 61.8 Å². The van der Waals surface area contributed by atoms with Crippen molar-refractivity contribution in [2.45, 2.75) is 38.1 Å². The van der Waals surface area contributed by atoms with Gasteiger partial charge in [-0.05, 0) is 31.0 Å². The number of oxime groups is 1. The molecule has 19 heavy (non-hydrogen) atoms. The summed E-state index contributed by atoms with van der Waals surface area (Å²) < 4.78 is 0. The second-order valence-corrected chi connectivity index (χ2v) is 5.49. The SMILES string of the molecule is CN(c1ccc(Cl)cc1C(N)=NO)C1CCCCC1. The first kappa shape index (κ1) is 14.0. The minimum atomic E-state index is 0.0974. The van der Waals surface area contributed by atoms with E-state index in [0.29, 0.717) is 16.6 Å². The average Bonchev–Trinajstić information content (AvgIpc) is 2.46. The van der Waals surface area contributed by atoms with E-state index in [1.807, 2.05) is 12.1 Å². The van der Waals surface area contributed by atoms with Crippen molar-refractivity contribution in [2.75, 3.05) is 11.9 Å². The van der Waals surface area contributed by atoms with Gasteiger partial charge in [-0.2, -0.15) is 0 Å². The van der Waals surface area contributed by atoms with Gasteiger partial charge in [0.15, 0.2) is 5.84 Å². The van der Waals surface area contributed by atoms with Gasteiger partial charge in [-0.25, -0.2) is 0 Å². The molecule has 0 radical (unpaired) electrons. The second-order valence-electron chi connectivity index (χ2n) is 5.05. The Labute approximate surface area is 118 Å². The number of amidine groups is 1. The molecule has 2 rings (SSSR count). The highest BCUT2D eigenvalue weighted by atomic mass is 35.5. The number of hydrogen-bond acceptors (Lipinski definition) is 3. The van der Waals surface area contributed by atoms with Crippen molar-refractivity contribution in [3.8, 4) is 0 Å². The smallest absolute Gasteiger partial charge is 0.172 e. The maximum atomic E-state index is 8.90. The van der Waals surface area contributed by atoms with Crippen molar-refractivity contribution >= 4 is 23.1 Å². The van der Waals surface area contributed by atoms with Gasteiger partial charge in [0.25, 0.3) is 0 Å². The fourth-order valence-electron chi connectivity index (χ4n) is 2.74. The number of hydrogen-bond donors (Lipinski definition) is 2. The van der Waals surface area contributed by atoms with Crippen molar-refractivity contribution in [2.24, 2.45) is 10.9 Å². The van der Waals surface area contributed by atoms with E-state index in [1.54, 1.807) is 6.07 Å². The Hall–Kier alpha value is -1.42. The van der Waals surface area contributed by atoms with Gasteiger partial charge in [-0.3, -0.25) is 0 Å². The Kier molecular flexibility index (Phi) is 4.53. The van der Waals surface area contributed by atoms with E-state index in [0.717, 1.165) is 5.69 Å². The monoisotopic (exact) mass is 281 g/mol. The molecular weight excluding hydrogens is 262 g/mol. The van der Waals surface area contributed by atoms with Crippen molar-refractivity contribution < 1.29 is 5.21 Å². The van der Waals surface area contributed by atoms with E-state index in [9.17, 15) is 0 Å². The van der Waals surface area contributed by atoms with Crippen molar-refractivity contribution in [3.05, 3.63) is 28.8 Å². The molecule has 0 unspecified atom stereocenters. The van der Waals surface area contributed by atoms with Gasteiger partial charge in [0.1, 0.15) is 0 Å². The summed E-state index contributed by atoms with van der Waals surface area (Å²) in [6, 6.07) is 6.03. The molecule has 0 bridgehead atoms. The van der Waals surface area contributed by atoms with Crippen LogP contribution in [0.15, 0.2) is 23.4 Å². The third-order valence-corrected chi connectivity index (χ3v) is 4.08. The highest BCUT2D eigenvalue weighted by molar-refractivity contribution is 6.31. The lowest BCUT2D eigenvalue weighted by Gasteiger charge is -2.34. The Morgan fingerprint density at radius 2 is 2.05 bits per heavy atom. The number of anilines is 1. The van der Waals surface area contributed by atoms with Gasteiger partial charge < -0.3 is 15.8 Å². The number of nitrogens with two attached hydrogens (primary N) is 1. The van der Waals surface area contributed by atoms with Crippen LogP contribution in [-0.2, 0) is 0 Å². The largest absolute Gasteiger partial charge is 0.409 e. The lowest BCUT2D eigenvalue weighted by atomic mass is 9.93. The summed E-state index contributed by atoms with van der Waals surface area (Å²) in [4.78, 5) is 2.23. The van der Waals surface area contributed by atoms with Crippen LogP contribution in [0.2, 0.25) is 5.02 Å². The number of nitrogens with zero attached hydrogens (tertiary/aromatic N) is 2. The van der Waals surface area contributed by atoms with Gasteiger partial charge in [-0.15, -0.1) is 0 Å². The lowest BCUT2D eigenvalue weighted by molar-refractivity contribution is 0.318. The molecule has 0 aromatic heterocycles. The maximum Gasteiger partial charge on any atom is 0.172 e. The fraction of sp³-hybridized carbons (Fsp3) is 0.500. The normalized spacial score (nSPS) is 17.5. The Morgan fingerprint density at radius 3 is 2.68 bits per heavy atom. The minimum absolute atomic E-state index is 0.0974. The predicted molar refractivity (Wildman–Crippen MR) is 79.2 cm³/mol. The Balaban J connectivity index is 2.32. The maximum absolute atomic E-state index is 8.90. The van der Waals surface area contributed by atoms with Crippen LogP contribution >= 0.6 is 11.6 Å². The van der Waals surface area contributed by atoms with Crippen LogP contribution in [0.1, 0.15) is 37.7 Å². The standard InChI is InChI=1S/C14H20ClN3O/c1-18(11-5-3-2-4-6-11)13-8-7-10(15)9-12(13)14(16)17-19/h7-9,11,19H,2-6H2,1H3,(H2,16,17). The van der Waals surface area contributed by atoms with E-state index in [-0.39, 0.29) is 5.84 Å². The third kappa shape index (κ3) is 3.13. The first-order valence-electron chi connectivity index (χ1n) is 6.63. The molecular formula is C14H20ClN3O. The van der Waals surface area contributed by atoms with Crippen molar-refractivity contribution in [1.82, 2.24) is 0 Å². The van der Waals surface area contributed by atoms with E-state index in [4.69, 9.17) is 22.5 Å². The van der Waals surface area contributed by atoms with Gasteiger partial charge in [0.2, 0.25) is 0 Å². The molecule has 0 amide bonds. The highest BCUT2D eigenvalue weighted by Gasteiger charge is 2.21. The van der Waals surface area contributed by atoms with E-state index < -0.39 is 0 Å². The minimum Gasteiger partial charge on any atom is -0.409 e. The summed E-state index contributed by atoms with van der Waals surface area (Å²) in [6.45, 7) is 0. The van der Waals surface area contributed by atoms with Crippen LogP contribution in [0.5, 0.6) is 0 Å². The second kappa shape index (κ2) is 6.15. The number of benzene rings is 1.